The molecule has 5 rings (SSSR count). The molecule has 0 spiro atoms. The average Bonchev–Trinajstić information content (AvgIpc) is 3.26. The molecule has 2 aromatic heterocycles. The number of aromatic nitrogens is 4. The van der Waals surface area contributed by atoms with Crippen LogP contribution < -0.4 is 26.2 Å². The van der Waals surface area contributed by atoms with Crippen molar-refractivity contribution in [1.82, 2.24) is 19.5 Å². The van der Waals surface area contributed by atoms with Crippen LogP contribution in [0.25, 0.3) is 17.0 Å². The summed E-state index contributed by atoms with van der Waals surface area (Å²) in [5.41, 5.74) is 9.13. The first-order valence-electron chi connectivity index (χ1n) is 11.5. The Bertz CT molecular complexity index is 1460. The van der Waals surface area contributed by atoms with Crippen molar-refractivity contribution in [2.75, 3.05) is 30.9 Å². The van der Waals surface area contributed by atoms with Crippen molar-refractivity contribution in [1.29, 1.82) is 0 Å². The molecule has 36 heavy (non-hydrogen) atoms. The first kappa shape index (κ1) is 23.6. The first-order valence-corrected chi connectivity index (χ1v) is 11.5. The highest BCUT2D eigenvalue weighted by atomic mass is 16.5. The Morgan fingerprint density at radius 1 is 1.19 bits per heavy atom. The minimum absolute atomic E-state index is 0.229. The van der Waals surface area contributed by atoms with Gasteiger partial charge in [0.2, 0.25) is 5.95 Å². The first-order chi connectivity index (χ1) is 17.4. The number of amides is 1. The smallest absolute Gasteiger partial charge is 0.468 e. The van der Waals surface area contributed by atoms with E-state index in [1.54, 1.807) is 34.9 Å². The Labute approximate surface area is 207 Å². The number of nitrogens with one attached hydrogen (secondary N) is 1. The largest absolute Gasteiger partial charge is 0.488 e. The highest BCUT2D eigenvalue weighted by Crippen LogP contribution is 2.33. The second kappa shape index (κ2) is 9.48. The summed E-state index contributed by atoms with van der Waals surface area (Å²) >= 11 is 0. The van der Waals surface area contributed by atoms with Crippen LogP contribution in [0.4, 0.5) is 11.6 Å². The van der Waals surface area contributed by atoms with Gasteiger partial charge in [0.15, 0.2) is 0 Å². The standard InChI is InChI=1S/C24H26BN7O4/c1-31-11-5-9-17-21(27-13-14-6-3-7-15(12-14)25(34)35)29-23(30-22(17)31)32-18-10-4-8-16(20(26)33)19(18)28-24(32)36-2/h3-4,6-8,10,12,34-35H,5,9,11,13H2,1-2H3,(H2,26,33)(H,27,29,30). The molecule has 1 aliphatic heterocycles. The number of hydrogen-bond donors (Lipinski definition) is 4. The molecule has 0 atom stereocenters. The molecular formula is C24H26BN7O4. The lowest BCUT2D eigenvalue weighted by Gasteiger charge is -2.28. The zero-order valence-corrected chi connectivity index (χ0v) is 20.0. The summed E-state index contributed by atoms with van der Waals surface area (Å²) in [6, 6.07) is 12.5. The Hall–Kier alpha value is -4.16. The number of carbonyl (C=O) groups excluding carboxylic acids is 1. The van der Waals surface area contributed by atoms with E-state index in [4.69, 9.17) is 20.4 Å². The number of imidazole rings is 1. The van der Waals surface area contributed by atoms with Crippen molar-refractivity contribution < 1.29 is 19.6 Å². The lowest BCUT2D eigenvalue weighted by molar-refractivity contribution is 0.100. The third-order valence-corrected chi connectivity index (χ3v) is 6.27. The number of nitrogens with two attached hydrogens (primary N) is 1. The minimum Gasteiger partial charge on any atom is -0.468 e. The Morgan fingerprint density at radius 2 is 2.00 bits per heavy atom. The van der Waals surface area contributed by atoms with Gasteiger partial charge in [-0.2, -0.15) is 15.0 Å². The van der Waals surface area contributed by atoms with Crippen molar-refractivity contribution >= 4 is 41.2 Å². The van der Waals surface area contributed by atoms with E-state index in [9.17, 15) is 14.8 Å². The number of anilines is 2. The van der Waals surface area contributed by atoms with Gasteiger partial charge in [-0.3, -0.25) is 4.79 Å². The fourth-order valence-corrected chi connectivity index (χ4v) is 4.51. The number of fused-ring (bicyclic) bond motifs is 2. The highest BCUT2D eigenvalue weighted by Gasteiger charge is 2.25. The number of ether oxygens (including phenoxy) is 1. The van der Waals surface area contributed by atoms with Gasteiger partial charge in [-0.1, -0.05) is 30.3 Å². The fraction of sp³-hybridized carbons (Fsp3) is 0.250. The third kappa shape index (κ3) is 4.21. The lowest BCUT2D eigenvalue weighted by atomic mass is 9.79. The molecule has 0 radical (unpaired) electrons. The van der Waals surface area contributed by atoms with Crippen molar-refractivity contribution in [2.45, 2.75) is 19.4 Å². The molecule has 2 aromatic carbocycles. The molecule has 3 heterocycles. The summed E-state index contributed by atoms with van der Waals surface area (Å²) in [5, 5.41) is 22.4. The van der Waals surface area contributed by atoms with Gasteiger partial charge in [0.25, 0.3) is 5.91 Å². The van der Waals surface area contributed by atoms with Gasteiger partial charge < -0.3 is 30.7 Å². The maximum atomic E-state index is 12.0. The van der Waals surface area contributed by atoms with E-state index in [0.29, 0.717) is 34.8 Å². The molecular weight excluding hydrogens is 461 g/mol. The van der Waals surface area contributed by atoms with Crippen LogP contribution in [-0.2, 0) is 13.0 Å². The number of benzene rings is 2. The van der Waals surface area contributed by atoms with E-state index in [2.05, 4.69) is 15.2 Å². The van der Waals surface area contributed by atoms with Crippen LogP contribution in [0.1, 0.15) is 27.9 Å². The minimum atomic E-state index is -1.54. The number of para-hydroxylation sites is 1. The SMILES string of the molecule is COc1nc2c(C(N)=O)cccc2n1-c1nc(NCc2cccc(B(O)O)c2)c2c(n1)N(C)CCC2. The van der Waals surface area contributed by atoms with Crippen LogP contribution in [0.2, 0.25) is 0 Å². The highest BCUT2D eigenvalue weighted by molar-refractivity contribution is 6.58. The molecule has 12 heteroatoms. The molecule has 0 unspecified atom stereocenters. The molecule has 184 valence electrons. The normalized spacial score (nSPS) is 12.9. The van der Waals surface area contributed by atoms with E-state index >= 15 is 0 Å². The predicted molar refractivity (Wildman–Crippen MR) is 137 cm³/mol. The van der Waals surface area contributed by atoms with Gasteiger partial charge in [0.1, 0.15) is 17.2 Å². The zero-order valence-electron chi connectivity index (χ0n) is 20.0. The predicted octanol–water partition coefficient (Wildman–Crippen LogP) is 0.597. The zero-order chi connectivity index (χ0) is 25.4. The maximum Gasteiger partial charge on any atom is 0.488 e. The van der Waals surface area contributed by atoms with Gasteiger partial charge in [-0.15, -0.1) is 0 Å². The van der Waals surface area contributed by atoms with Crippen molar-refractivity contribution in [3.05, 3.63) is 59.2 Å². The van der Waals surface area contributed by atoms with E-state index < -0.39 is 13.0 Å². The van der Waals surface area contributed by atoms with Crippen molar-refractivity contribution in [2.24, 2.45) is 5.73 Å². The summed E-state index contributed by atoms with van der Waals surface area (Å²) in [7, 11) is 1.94. The summed E-state index contributed by atoms with van der Waals surface area (Å²) in [4.78, 5) is 28.3. The molecule has 0 saturated heterocycles. The summed E-state index contributed by atoms with van der Waals surface area (Å²) in [5.74, 6) is 1.21. The van der Waals surface area contributed by atoms with Crippen LogP contribution in [0.15, 0.2) is 42.5 Å². The number of rotatable bonds is 7. The molecule has 0 aliphatic carbocycles. The fourth-order valence-electron chi connectivity index (χ4n) is 4.51. The molecule has 11 nitrogen and oxygen atoms in total. The number of nitrogens with zero attached hydrogens (tertiary/aromatic N) is 5. The molecule has 4 aromatic rings. The van der Waals surface area contributed by atoms with Gasteiger partial charge in [0, 0.05) is 25.7 Å². The number of methoxy groups -OCH3 is 1. The van der Waals surface area contributed by atoms with Crippen LogP contribution in [0.5, 0.6) is 6.01 Å². The van der Waals surface area contributed by atoms with E-state index in [1.165, 1.54) is 7.11 Å². The topological polar surface area (TPSA) is 152 Å². The monoisotopic (exact) mass is 487 g/mol. The second-order valence-electron chi connectivity index (χ2n) is 8.64. The Morgan fingerprint density at radius 3 is 2.75 bits per heavy atom. The molecule has 5 N–H and O–H groups in total. The molecule has 0 bridgehead atoms. The second-order valence-corrected chi connectivity index (χ2v) is 8.64. The third-order valence-electron chi connectivity index (χ3n) is 6.27. The molecule has 0 saturated carbocycles. The van der Waals surface area contributed by atoms with Crippen molar-refractivity contribution in [3.63, 3.8) is 0 Å². The number of carbonyl (C=O) groups is 1. The van der Waals surface area contributed by atoms with E-state index in [0.717, 1.165) is 36.3 Å². The average molecular weight is 487 g/mol. The van der Waals surface area contributed by atoms with Gasteiger partial charge in [0.05, 0.1) is 18.2 Å². The number of primary amides is 1. The van der Waals surface area contributed by atoms with Gasteiger partial charge in [-0.05, 0) is 36.0 Å². The number of hydrogen-bond acceptors (Lipinski definition) is 9. The summed E-state index contributed by atoms with van der Waals surface area (Å²) in [6.45, 7) is 1.27. The van der Waals surface area contributed by atoms with Crippen LogP contribution in [-0.4, -0.2) is 63.3 Å². The summed E-state index contributed by atoms with van der Waals surface area (Å²) < 4.78 is 7.20. The van der Waals surface area contributed by atoms with Crippen molar-refractivity contribution in [3.8, 4) is 12.0 Å². The summed E-state index contributed by atoms with van der Waals surface area (Å²) in [6.07, 6.45) is 1.78. The quantitative estimate of drug-likeness (QED) is 0.275. The van der Waals surface area contributed by atoms with Crippen LogP contribution in [0, 0.1) is 0 Å². The molecule has 1 amide bonds. The lowest BCUT2D eigenvalue weighted by Crippen LogP contribution is -2.30. The van der Waals surface area contributed by atoms with E-state index in [-0.39, 0.29) is 11.6 Å². The Balaban J connectivity index is 1.62. The Kier molecular flexibility index (Phi) is 6.21. The van der Waals surface area contributed by atoms with Crippen LogP contribution in [0.3, 0.4) is 0 Å². The van der Waals surface area contributed by atoms with Gasteiger partial charge in [-0.25, -0.2) is 4.57 Å². The maximum absolute atomic E-state index is 12.0. The molecule has 1 aliphatic rings. The molecule has 0 fully saturated rings. The van der Waals surface area contributed by atoms with Gasteiger partial charge >= 0.3 is 13.1 Å². The van der Waals surface area contributed by atoms with Crippen LogP contribution >= 0.6 is 0 Å². The van der Waals surface area contributed by atoms with E-state index in [1.807, 2.05) is 19.2 Å².